The van der Waals surface area contributed by atoms with Crippen LogP contribution in [0.1, 0.15) is 42.3 Å². The van der Waals surface area contributed by atoms with Gasteiger partial charge in [0.1, 0.15) is 6.04 Å². The van der Waals surface area contributed by atoms with E-state index in [0.717, 1.165) is 11.8 Å². The lowest BCUT2D eigenvalue weighted by atomic mass is 9.87. The Morgan fingerprint density at radius 2 is 1.48 bits per heavy atom. The second kappa shape index (κ2) is 13.5. The van der Waals surface area contributed by atoms with E-state index in [4.69, 9.17) is 9.47 Å². The lowest BCUT2D eigenvalue weighted by molar-refractivity contribution is -0.187. The smallest absolute Gasteiger partial charge is 0.454 e. The molecule has 0 saturated heterocycles. The first-order valence-corrected chi connectivity index (χ1v) is 14.4. The number of Topliss-reactive ketones (excluding diaryl/α,β-unsaturated/α-hetero) is 1. The van der Waals surface area contributed by atoms with Gasteiger partial charge in [0.05, 0.1) is 19.9 Å². The molecule has 1 heterocycles. The van der Waals surface area contributed by atoms with Crippen LogP contribution < -0.4 is 14.8 Å². The summed E-state index contributed by atoms with van der Waals surface area (Å²) in [6.45, 7) is 4.22. The maximum absolute atomic E-state index is 14.8. The van der Waals surface area contributed by atoms with Crippen LogP contribution in [0.15, 0.2) is 85.1 Å². The first-order chi connectivity index (χ1) is 21.7. The second-order valence-electron chi connectivity index (χ2n) is 11.1. The molecule has 4 rings (SSSR count). The molecule has 0 aliphatic carbocycles. The Morgan fingerprint density at radius 3 is 2.00 bits per heavy atom. The summed E-state index contributed by atoms with van der Waals surface area (Å²) < 4.78 is 54.7. The summed E-state index contributed by atoms with van der Waals surface area (Å²) in [6, 6.07) is 18.8. The average Bonchev–Trinajstić information content (AvgIpc) is 3.02. The van der Waals surface area contributed by atoms with Crippen molar-refractivity contribution < 1.29 is 41.8 Å². The average molecular weight is 638 g/mol. The molecule has 0 radical (unpaired) electrons. The number of rotatable bonds is 10. The van der Waals surface area contributed by atoms with Crippen molar-refractivity contribution in [1.29, 1.82) is 0 Å². The number of hydrogen-bond acceptors (Lipinski definition) is 6. The van der Waals surface area contributed by atoms with Crippen molar-refractivity contribution in [1.82, 2.24) is 15.1 Å². The van der Waals surface area contributed by atoms with Crippen molar-refractivity contribution in [3.05, 3.63) is 102 Å². The Hall–Kier alpha value is -5.13. The van der Waals surface area contributed by atoms with E-state index in [9.17, 15) is 32.3 Å². The van der Waals surface area contributed by atoms with E-state index in [-0.39, 0.29) is 33.9 Å². The van der Waals surface area contributed by atoms with E-state index in [1.807, 2.05) is 0 Å². The van der Waals surface area contributed by atoms with Gasteiger partial charge in [-0.3, -0.25) is 24.1 Å². The fraction of sp³-hybridized carbons (Fsp3) is 0.294. The van der Waals surface area contributed by atoms with Gasteiger partial charge in [-0.25, -0.2) is 0 Å². The number of carbonyl (C=O) groups is 4. The van der Waals surface area contributed by atoms with E-state index < -0.39 is 53.7 Å². The lowest BCUT2D eigenvalue weighted by Crippen LogP contribution is -2.73. The third-order valence-electron chi connectivity index (χ3n) is 7.54. The molecular formula is C34H34F3N3O6. The minimum absolute atomic E-state index is 0.108. The largest absolute Gasteiger partial charge is 0.493 e. The molecule has 3 aromatic carbocycles. The van der Waals surface area contributed by atoms with Crippen LogP contribution in [0.25, 0.3) is 5.70 Å². The Balaban J connectivity index is 2.12. The molecule has 0 fully saturated rings. The van der Waals surface area contributed by atoms with E-state index in [1.54, 1.807) is 62.4 Å². The van der Waals surface area contributed by atoms with Crippen LogP contribution in [0, 0.1) is 5.92 Å². The maximum Gasteiger partial charge on any atom is 0.454 e. The van der Waals surface area contributed by atoms with Crippen molar-refractivity contribution in [3.63, 3.8) is 0 Å². The number of nitrogens with one attached hydrogen (secondary N) is 1. The first-order valence-electron chi connectivity index (χ1n) is 14.4. The number of nitrogens with zero attached hydrogens (tertiary/aromatic N) is 2. The molecular weight excluding hydrogens is 603 g/mol. The van der Waals surface area contributed by atoms with E-state index >= 15 is 0 Å². The van der Waals surface area contributed by atoms with Crippen LogP contribution in [-0.2, 0) is 20.8 Å². The molecule has 46 heavy (non-hydrogen) atoms. The highest BCUT2D eigenvalue weighted by molar-refractivity contribution is 6.07. The fourth-order valence-corrected chi connectivity index (χ4v) is 5.59. The Bertz CT molecular complexity index is 1640. The van der Waals surface area contributed by atoms with Crippen LogP contribution in [0.2, 0.25) is 0 Å². The number of ether oxygens (including phenoxy) is 2. The van der Waals surface area contributed by atoms with Crippen molar-refractivity contribution in [2.75, 3.05) is 14.2 Å². The zero-order valence-electron chi connectivity index (χ0n) is 25.9. The number of methoxy groups -OCH3 is 2. The summed E-state index contributed by atoms with van der Waals surface area (Å²) in [5.74, 6) is -5.16. The molecule has 3 aromatic rings. The summed E-state index contributed by atoms with van der Waals surface area (Å²) in [7, 11) is 2.74. The van der Waals surface area contributed by atoms with Gasteiger partial charge in [-0.2, -0.15) is 13.2 Å². The number of ketones is 1. The molecule has 3 amide bonds. The van der Waals surface area contributed by atoms with Crippen molar-refractivity contribution >= 4 is 29.2 Å². The van der Waals surface area contributed by atoms with Crippen molar-refractivity contribution in [2.45, 2.75) is 45.1 Å². The topological polar surface area (TPSA) is 105 Å². The molecule has 1 aliphatic rings. The number of amides is 3. The predicted octanol–water partition coefficient (Wildman–Crippen LogP) is 5.22. The number of hydrogen-bond donors (Lipinski definition) is 1. The van der Waals surface area contributed by atoms with Gasteiger partial charge < -0.3 is 19.7 Å². The van der Waals surface area contributed by atoms with Gasteiger partial charge in [0, 0.05) is 30.7 Å². The third-order valence-corrected chi connectivity index (χ3v) is 7.54. The molecule has 0 bridgehead atoms. The normalized spacial score (nSPS) is 16.4. The fourth-order valence-electron chi connectivity index (χ4n) is 5.59. The van der Waals surface area contributed by atoms with Gasteiger partial charge in [0.2, 0.25) is 5.91 Å². The van der Waals surface area contributed by atoms with Gasteiger partial charge in [-0.1, -0.05) is 62.4 Å². The standard InChI is InChI=1S/C34H34F3N3O6/c1-21(2)29-31(43)40(33(38-22(3)41,32(44)34(35,36)37)19-23-12-8-6-9-13-23)26(25-16-17-27(45-4)28(18-25)46-5)20-39(29)30(42)24-14-10-7-11-15-24/h6-18,20-21,29H,19H2,1-5H3,(H,38,41). The quantitative estimate of drug-likeness (QED) is 0.327. The Morgan fingerprint density at radius 1 is 0.891 bits per heavy atom. The number of alkyl halides is 3. The van der Waals surface area contributed by atoms with Gasteiger partial charge in [0.15, 0.2) is 17.2 Å². The summed E-state index contributed by atoms with van der Waals surface area (Å²) in [5.41, 5.74) is -2.68. The van der Waals surface area contributed by atoms with Gasteiger partial charge in [-0.05, 0) is 41.8 Å². The summed E-state index contributed by atoms with van der Waals surface area (Å²) in [5, 5.41) is 2.23. The Kier molecular flexibility index (Phi) is 9.89. The highest BCUT2D eigenvalue weighted by Crippen LogP contribution is 2.41. The zero-order valence-corrected chi connectivity index (χ0v) is 25.9. The van der Waals surface area contributed by atoms with Crippen LogP contribution >= 0.6 is 0 Å². The van der Waals surface area contributed by atoms with Crippen LogP contribution in [0.3, 0.4) is 0 Å². The summed E-state index contributed by atoms with van der Waals surface area (Å²) in [6.07, 6.45) is -4.99. The molecule has 9 nitrogen and oxygen atoms in total. The highest BCUT2D eigenvalue weighted by atomic mass is 19.4. The number of halogens is 3. The molecule has 0 spiro atoms. The second-order valence-corrected chi connectivity index (χ2v) is 11.1. The highest BCUT2D eigenvalue weighted by Gasteiger charge is 2.61. The molecule has 2 atom stereocenters. The SMILES string of the molecule is COc1ccc(C2=CN(C(=O)c3ccccc3)C(C(C)C)C(=O)N2C(Cc2ccccc2)(NC(C)=O)C(=O)C(F)(F)F)cc1OC. The number of benzene rings is 3. The van der Waals surface area contributed by atoms with Crippen LogP contribution in [0.5, 0.6) is 11.5 Å². The monoisotopic (exact) mass is 637 g/mol. The zero-order chi connectivity index (χ0) is 33.8. The summed E-state index contributed by atoms with van der Waals surface area (Å²) >= 11 is 0. The van der Waals surface area contributed by atoms with E-state index in [1.165, 1.54) is 50.8 Å². The van der Waals surface area contributed by atoms with Gasteiger partial charge >= 0.3 is 6.18 Å². The minimum atomic E-state index is -5.50. The molecule has 1 aliphatic heterocycles. The van der Waals surface area contributed by atoms with Crippen molar-refractivity contribution in [2.24, 2.45) is 5.92 Å². The van der Waals surface area contributed by atoms with Crippen LogP contribution in [0.4, 0.5) is 13.2 Å². The number of carbonyl (C=O) groups excluding carboxylic acids is 4. The van der Waals surface area contributed by atoms with E-state index in [2.05, 4.69) is 5.32 Å². The predicted molar refractivity (Wildman–Crippen MR) is 163 cm³/mol. The van der Waals surface area contributed by atoms with E-state index in [0.29, 0.717) is 4.90 Å². The molecule has 2 unspecified atom stereocenters. The molecule has 0 saturated carbocycles. The minimum Gasteiger partial charge on any atom is -0.493 e. The third kappa shape index (κ3) is 6.60. The Labute approximate surface area is 264 Å². The first kappa shape index (κ1) is 33.8. The molecule has 1 N–H and O–H groups in total. The summed E-state index contributed by atoms with van der Waals surface area (Å²) in [4.78, 5) is 57.0. The lowest BCUT2D eigenvalue weighted by Gasteiger charge is -2.49. The van der Waals surface area contributed by atoms with Gasteiger partial charge in [-0.15, -0.1) is 0 Å². The molecule has 242 valence electrons. The molecule has 12 heteroatoms. The van der Waals surface area contributed by atoms with Crippen molar-refractivity contribution in [3.8, 4) is 11.5 Å². The molecule has 0 aromatic heterocycles. The van der Waals surface area contributed by atoms with Gasteiger partial charge in [0.25, 0.3) is 17.6 Å². The van der Waals surface area contributed by atoms with Crippen LogP contribution in [-0.4, -0.2) is 65.4 Å². The maximum atomic E-state index is 14.8.